The highest BCUT2D eigenvalue weighted by Gasteiger charge is 2.30. The van der Waals surface area contributed by atoms with Crippen LogP contribution in [-0.4, -0.2) is 142 Å². The van der Waals surface area contributed by atoms with Gasteiger partial charge in [0.15, 0.2) is 16.6 Å². The number of anilines is 6. The zero-order valence-corrected chi connectivity index (χ0v) is 82.5. The molecule has 1 aliphatic carbocycles. The molecule has 1 fully saturated rings. The Labute approximate surface area is 831 Å². The monoisotopic (exact) mass is 1960 g/mol. The van der Waals surface area contributed by atoms with Crippen molar-refractivity contribution in [2.24, 2.45) is 0 Å². The van der Waals surface area contributed by atoms with E-state index in [4.69, 9.17) is 71.0 Å². The molecule has 139 heavy (non-hydrogen) atoms. The van der Waals surface area contributed by atoms with Gasteiger partial charge in [-0.25, -0.2) is 19.2 Å². The molecule has 25 nitrogen and oxygen atoms in total. The van der Waals surface area contributed by atoms with Crippen molar-refractivity contribution >= 4 is 144 Å². The first-order valence-electron chi connectivity index (χ1n) is 45.2. The predicted molar refractivity (Wildman–Crippen MR) is 557 cm³/mol. The first kappa shape index (κ1) is 102. The third-order valence-corrected chi connectivity index (χ3v) is 25.2. The lowest BCUT2D eigenvalue weighted by molar-refractivity contribution is -0.117. The quantitative estimate of drug-likeness (QED) is 0.0158. The van der Waals surface area contributed by atoms with Gasteiger partial charge in [-0.15, -0.1) is 11.3 Å². The van der Waals surface area contributed by atoms with E-state index in [1.54, 1.807) is 74.5 Å². The summed E-state index contributed by atoms with van der Waals surface area (Å²) in [6, 6.07) is 80.4. The van der Waals surface area contributed by atoms with E-state index in [2.05, 4.69) is 94.3 Å². The van der Waals surface area contributed by atoms with E-state index in [1.807, 2.05) is 220 Å². The molecule has 6 N–H and O–H groups in total. The number of hydrogen-bond donors (Lipinski definition) is 6. The van der Waals surface area contributed by atoms with Crippen LogP contribution in [0.5, 0.6) is 17.2 Å². The van der Waals surface area contributed by atoms with E-state index < -0.39 is 5.97 Å². The molecule has 0 atom stereocenters. The summed E-state index contributed by atoms with van der Waals surface area (Å²) in [5.74, 6) is 2.12. The summed E-state index contributed by atoms with van der Waals surface area (Å²) in [7, 11) is 4.54. The largest absolute Gasteiger partial charge is 0.494 e. The highest BCUT2D eigenvalue weighted by molar-refractivity contribution is 7.80. The van der Waals surface area contributed by atoms with Crippen molar-refractivity contribution in [2.45, 2.75) is 92.9 Å². The van der Waals surface area contributed by atoms with E-state index in [9.17, 15) is 33.2 Å². The Morgan fingerprint density at radius 3 is 2.00 bits per heavy atom. The molecule has 0 saturated carbocycles. The van der Waals surface area contributed by atoms with Crippen LogP contribution in [0, 0.1) is 26.6 Å². The van der Waals surface area contributed by atoms with Gasteiger partial charge in [-0.3, -0.25) is 24.5 Å². The van der Waals surface area contributed by atoms with Crippen LogP contribution in [0.25, 0.3) is 44.8 Å². The van der Waals surface area contributed by atoms with Crippen molar-refractivity contribution in [1.82, 2.24) is 45.4 Å². The van der Waals surface area contributed by atoms with E-state index in [0.29, 0.717) is 103 Å². The number of fused-ring (bicyclic) bond motifs is 2. The molecule has 0 spiro atoms. The number of pyridine rings is 2. The Hall–Kier alpha value is -14.5. The van der Waals surface area contributed by atoms with Gasteiger partial charge in [-0.1, -0.05) is 163 Å². The number of ether oxygens (including phenoxy) is 4. The summed E-state index contributed by atoms with van der Waals surface area (Å²) in [4.78, 5) is 89.8. The summed E-state index contributed by atoms with van der Waals surface area (Å²) in [6.07, 6.45) is 6.36. The number of aryl methyl sites for hydroxylation is 5. The van der Waals surface area contributed by atoms with Gasteiger partial charge in [-0.05, 0) is 292 Å². The lowest BCUT2D eigenvalue weighted by Crippen LogP contribution is -2.47. The molecular weight excluding hydrogens is 1860 g/mol. The van der Waals surface area contributed by atoms with Gasteiger partial charge in [0.05, 0.1) is 100 Å². The number of methoxy groups -OCH3 is 3. The number of halogens is 4. The fourth-order valence-corrected chi connectivity index (χ4v) is 17.8. The molecule has 0 unspecified atom stereocenters. The van der Waals surface area contributed by atoms with Crippen LogP contribution in [0.2, 0.25) is 15.1 Å². The summed E-state index contributed by atoms with van der Waals surface area (Å²) in [5.41, 5.74) is 17.5. The molecule has 0 radical (unpaired) electrons. The second-order valence-corrected chi connectivity index (χ2v) is 35.6. The Balaban J connectivity index is 0.000000148. The van der Waals surface area contributed by atoms with Crippen LogP contribution >= 0.6 is 58.4 Å². The molecule has 1 aliphatic heterocycles. The molecule has 6 heterocycles. The van der Waals surface area contributed by atoms with Crippen molar-refractivity contribution in [1.29, 1.82) is 0 Å². The Kier molecular flexibility index (Phi) is 36.3. The second kappa shape index (κ2) is 49.5. The van der Waals surface area contributed by atoms with Crippen molar-refractivity contribution in [2.75, 3.05) is 98.3 Å². The topological polar surface area (TPSA) is 292 Å². The Morgan fingerprint density at radius 1 is 0.597 bits per heavy atom. The summed E-state index contributed by atoms with van der Waals surface area (Å²) in [5, 5.41) is 33.1. The number of nitrogens with zero attached hydrogens (tertiary/aromatic N) is 9. The number of Topliss-reactive ketones (excluding diaryl/α,β-unsaturated/α-hetero) is 1. The number of aromatic nitrogens is 7. The predicted octanol–water partition coefficient (Wildman–Crippen LogP) is 22.6. The first-order valence-corrected chi connectivity index (χ1v) is 47.6. The van der Waals surface area contributed by atoms with Gasteiger partial charge in [-0.2, -0.15) is 4.68 Å². The molecule has 4 amide bonds. The lowest BCUT2D eigenvalue weighted by Gasteiger charge is -2.36. The normalized spacial score (nSPS) is 11.8. The fraction of sp³-hybridized carbons (Fsp3) is 0.222. The summed E-state index contributed by atoms with van der Waals surface area (Å²) in [6.45, 7) is 18.5. The zero-order chi connectivity index (χ0) is 98.6. The molecule has 0 bridgehead atoms. The third kappa shape index (κ3) is 27.3. The number of esters is 1. The number of rotatable bonds is 27. The van der Waals surface area contributed by atoms with E-state index in [-0.39, 0.29) is 52.8 Å². The number of ketones is 1. The number of thiophene rings is 1. The third-order valence-electron chi connectivity index (χ3n) is 22.8. The first-order chi connectivity index (χ1) is 67.2. The molecule has 5 aromatic heterocycles. The highest BCUT2D eigenvalue weighted by atomic mass is 35.5. The maximum atomic E-state index is 13.6. The number of nitrogens with one attached hydrogen (secondary N) is 6. The van der Waals surface area contributed by atoms with Crippen molar-refractivity contribution in [3.63, 3.8) is 0 Å². The lowest BCUT2D eigenvalue weighted by atomic mass is 9.97. The number of thiocarbonyl (C=S) groups is 1. The van der Waals surface area contributed by atoms with E-state index in [0.717, 1.165) is 142 Å². The van der Waals surface area contributed by atoms with Crippen LogP contribution in [0.15, 0.2) is 267 Å². The number of carbonyl (C=O) groups excluding carboxylic acids is 6. The molecule has 15 aromatic rings. The minimum atomic E-state index is -0.443. The maximum Gasteiger partial charge on any atom is 0.339 e. The zero-order valence-electron chi connectivity index (χ0n) is 78.6. The number of tetrazole rings is 1. The molecule has 17 rings (SSSR count). The van der Waals surface area contributed by atoms with Gasteiger partial charge >= 0.3 is 5.97 Å². The van der Waals surface area contributed by atoms with E-state index >= 15 is 0 Å². The smallest absolute Gasteiger partial charge is 0.339 e. The average molecular weight is 1960 g/mol. The van der Waals surface area contributed by atoms with Crippen LogP contribution in [0.1, 0.15) is 132 Å². The molecule has 714 valence electrons. The summed E-state index contributed by atoms with van der Waals surface area (Å²) < 4.78 is 38.3. The number of para-hydroxylation sites is 4. The van der Waals surface area contributed by atoms with Crippen LogP contribution in [0.4, 0.5) is 38.2 Å². The van der Waals surface area contributed by atoms with Crippen molar-refractivity contribution in [3.05, 3.63) is 354 Å². The average Bonchev–Trinajstić information content (AvgIpc) is 1.76. The molecule has 31 heteroatoms. The summed E-state index contributed by atoms with van der Waals surface area (Å²) >= 11 is 24.8. The van der Waals surface area contributed by atoms with Gasteiger partial charge < -0.3 is 64.7 Å². The van der Waals surface area contributed by atoms with Crippen LogP contribution in [-0.2, 0) is 40.0 Å². The minimum Gasteiger partial charge on any atom is -0.494 e. The number of carbonyl (C=O) groups is 6. The minimum absolute atomic E-state index is 0.0901. The molecule has 1 saturated heterocycles. The van der Waals surface area contributed by atoms with Crippen LogP contribution in [0.3, 0.4) is 0 Å². The van der Waals surface area contributed by atoms with Gasteiger partial charge in [0.25, 0.3) is 17.7 Å². The van der Waals surface area contributed by atoms with Gasteiger partial charge in [0, 0.05) is 77.4 Å². The second-order valence-electron chi connectivity index (χ2n) is 32.9. The van der Waals surface area contributed by atoms with Crippen molar-refractivity contribution < 1.29 is 52.1 Å². The number of piperazine rings is 1. The number of amides is 4. The highest BCUT2D eigenvalue weighted by Crippen LogP contribution is 2.41. The fourth-order valence-electron chi connectivity index (χ4n) is 15.7. The van der Waals surface area contributed by atoms with Gasteiger partial charge in [0.2, 0.25) is 11.9 Å². The molecule has 2 aliphatic rings. The number of hydrogen-bond acceptors (Lipinski definition) is 20. The standard InChI is InChI=1S/C28H28N2O3.C26H29N3O3S.C22H20FNO3.C17H16Cl2N6.C15H14ClN3OS/c1-17(2)20-11-8-9-18(3)27(20)30-28(31)22-16-24(29-23-12-7-6-10-21(22)23)19-13-14-25(32-4)26(15-19)33-5;1-2-32-20-13-11-19(12-14-20)28-25(31)24-21-9-6-10-22(21)33-26(24)29-23(30)17-27-16-15-18-7-4-3-5-8-18;1-15(25)7-12-18-13-14-20(16-8-10-17(23)11-9-16)24(18)21-6-4-3-5-19(21)22(26)27-2;18-15-7-6-14(12-16(15)19)23-8-10-24(11-9-23)17-20-21-22-25(17)13-4-2-1-3-5-13;1-9-3-5-11(12(16)7-9)14(20)19-15(21)18-13-6-4-10(2)8-17-13/h6-17H,1-5H3,(H,30,31);3-5,7-8,11-14,27H,2,6,9-10,15-17H2,1H3,(H,28,31)(H,29,30);3-6,8-11,13-14H,7,12H2,1-2H3;1-7,12H,8-11H2;3-8H,1-2H3,(H2,17,18,19,20,21). The van der Waals surface area contributed by atoms with Gasteiger partial charge in [0.1, 0.15) is 28.2 Å². The number of benzene rings is 10. The van der Waals surface area contributed by atoms with Crippen LogP contribution < -0.4 is 55.9 Å². The molecular formula is C108H107Cl3FN15O10S2. The molecule has 10 aromatic carbocycles. The van der Waals surface area contributed by atoms with E-state index in [1.165, 1.54) is 41.0 Å². The SMILES string of the molecule is CCOc1ccc(NC(=O)c2c(NC(=O)CNCCc3ccccc3)sc3c2CCC3)cc1.COC(=O)c1ccccc1-n1c(CCC(C)=O)ccc1-c1ccc(F)cc1.COc1ccc(-c2cc(C(=O)Nc3c(C)cccc3C(C)C)c3ccccc3n2)cc1OC.Cc1ccc(NC(=S)NC(=O)c2ccc(C)cc2Cl)nc1.Clc1ccc(N2CCN(c3nnnn3-c3ccccc3)CC2)cc1Cl. The van der Waals surface area contributed by atoms with Crippen molar-refractivity contribution in [3.8, 4) is 51.1 Å². The Bertz CT molecular complexity index is 6820. The maximum absolute atomic E-state index is 13.6. The Morgan fingerprint density at radius 2 is 1.30 bits per heavy atom.